The number of hydrogen-bond acceptors (Lipinski definition) is 2. The summed E-state index contributed by atoms with van der Waals surface area (Å²) >= 11 is 12.7. The third-order valence-corrected chi connectivity index (χ3v) is 7.60. The number of carbonyl (C=O) groups is 1. The van der Waals surface area contributed by atoms with Crippen LogP contribution in [0.25, 0.3) is 0 Å². The predicted octanol–water partition coefficient (Wildman–Crippen LogP) is 3.46. The Bertz CT molecular complexity index is 560. The number of hydrogen-bond donors (Lipinski definition) is 0. The summed E-state index contributed by atoms with van der Waals surface area (Å²) in [7, 11) is 0. The molecule has 0 saturated carbocycles. The fraction of sp³-hybridized carbons (Fsp3) is 0.750. The highest BCUT2D eigenvalue weighted by Crippen LogP contribution is 2.31. The van der Waals surface area contributed by atoms with Gasteiger partial charge in [0.05, 0.1) is 54.8 Å². The quantitative estimate of drug-likeness (QED) is 0.547. The minimum Gasteiger partial charge on any atom is -0.318 e. The molecule has 0 N–H and O–H groups in total. The van der Waals surface area contributed by atoms with Gasteiger partial charge in [-0.15, -0.1) is 23.2 Å². The van der Waals surface area contributed by atoms with Gasteiger partial charge in [-0.05, 0) is 18.9 Å². The Morgan fingerprint density at radius 1 is 1.20 bits per heavy atom. The topological polar surface area (TPSA) is 20.3 Å². The lowest BCUT2D eigenvalue weighted by molar-refractivity contribution is -0.959. The molecule has 2 saturated heterocycles. The van der Waals surface area contributed by atoms with E-state index in [-0.39, 0.29) is 22.6 Å². The van der Waals surface area contributed by atoms with Gasteiger partial charge in [-0.1, -0.05) is 32.1 Å². The lowest BCUT2D eigenvalue weighted by Gasteiger charge is -2.53. The summed E-state index contributed by atoms with van der Waals surface area (Å²) in [4.78, 5) is 14.8. The van der Waals surface area contributed by atoms with Crippen LogP contribution in [0, 0.1) is 11.8 Å². The van der Waals surface area contributed by atoms with Crippen LogP contribution in [0.2, 0.25) is 0 Å². The van der Waals surface area contributed by atoms with Crippen LogP contribution >= 0.6 is 23.2 Å². The second-order valence-electron chi connectivity index (χ2n) is 8.38. The van der Waals surface area contributed by atoms with Crippen LogP contribution in [0.5, 0.6) is 0 Å². The first-order chi connectivity index (χ1) is 11.8. The van der Waals surface area contributed by atoms with Gasteiger partial charge in [0.2, 0.25) is 0 Å². The molecule has 1 spiro atoms. The van der Waals surface area contributed by atoms with Gasteiger partial charge < -0.3 is 4.48 Å². The van der Waals surface area contributed by atoms with Crippen LogP contribution in [0.1, 0.15) is 27.2 Å². The first-order valence-corrected chi connectivity index (χ1v) is 10.5. The number of Topliss-reactive ketones (excluding diaryl/α,β-unsaturated/α-hetero) is 1. The molecule has 5 unspecified atom stereocenters. The lowest BCUT2D eigenvalue weighted by atomic mass is 9.86. The van der Waals surface area contributed by atoms with Gasteiger partial charge in [0, 0.05) is 13.1 Å². The highest BCUT2D eigenvalue weighted by Gasteiger charge is 2.47. The smallest absolute Gasteiger partial charge is 0.149 e. The maximum absolute atomic E-state index is 12.2. The summed E-state index contributed by atoms with van der Waals surface area (Å²) in [5.74, 6) is 0.864. The number of quaternary nitrogens is 1. The summed E-state index contributed by atoms with van der Waals surface area (Å²) in [5, 5.41) is -0.174. The average molecular weight is 386 g/mol. The molecule has 2 aliphatic heterocycles. The van der Waals surface area contributed by atoms with Gasteiger partial charge >= 0.3 is 0 Å². The first-order valence-electron chi connectivity index (χ1n) is 9.59. The molecule has 2 heterocycles. The standard InChI is InChI=1S/C20H31Cl2N2O/c1-14-12-24(13-15(2)20(14)25)10-9-23(11-16(24)3)8-7-17-5-4-6-18(21)19(17)22/h4-6,14-16,18-19H,7-13H2,1-3H3/q+1. The normalized spacial score (nSPS) is 42.7. The van der Waals surface area contributed by atoms with E-state index in [9.17, 15) is 4.79 Å². The van der Waals surface area contributed by atoms with E-state index in [0.717, 1.165) is 50.2 Å². The van der Waals surface area contributed by atoms with Crippen LogP contribution in [-0.4, -0.2) is 71.2 Å². The fourth-order valence-electron chi connectivity index (χ4n) is 4.96. The summed E-state index contributed by atoms with van der Waals surface area (Å²) in [6.07, 6.45) is 7.09. The van der Waals surface area contributed by atoms with Crippen molar-refractivity contribution in [3.8, 4) is 0 Å². The minimum atomic E-state index is -0.0929. The Morgan fingerprint density at radius 3 is 2.52 bits per heavy atom. The minimum absolute atomic E-state index is 0.0814. The predicted molar refractivity (Wildman–Crippen MR) is 105 cm³/mol. The molecule has 0 aromatic carbocycles. The molecule has 0 aromatic heterocycles. The third kappa shape index (κ3) is 4.00. The fourth-order valence-corrected chi connectivity index (χ4v) is 5.48. The largest absolute Gasteiger partial charge is 0.318 e. The molecule has 0 bridgehead atoms. The van der Waals surface area contributed by atoms with E-state index in [4.69, 9.17) is 23.2 Å². The van der Waals surface area contributed by atoms with Gasteiger partial charge in [-0.2, -0.15) is 0 Å². The van der Waals surface area contributed by atoms with E-state index in [1.54, 1.807) is 0 Å². The zero-order valence-electron chi connectivity index (χ0n) is 15.6. The summed E-state index contributed by atoms with van der Waals surface area (Å²) < 4.78 is 1.12. The average Bonchev–Trinajstić information content (AvgIpc) is 2.57. The third-order valence-electron chi connectivity index (χ3n) is 6.52. The van der Waals surface area contributed by atoms with Crippen LogP contribution in [-0.2, 0) is 4.79 Å². The number of alkyl halides is 2. The molecular weight excluding hydrogens is 355 g/mol. The number of piperidine rings is 1. The summed E-state index contributed by atoms with van der Waals surface area (Å²) in [5.41, 5.74) is 1.25. The molecule has 1 aliphatic carbocycles. The van der Waals surface area contributed by atoms with Gasteiger partial charge in [0.25, 0.3) is 0 Å². The van der Waals surface area contributed by atoms with E-state index in [0.29, 0.717) is 11.8 Å². The zero-order chi connectivity index (χ0) is 18.2. The molecule has 3 rings (SSSR count). The number of allylic oxidation sites excluding steroid dienone is 3. The van der Waals surface area contributed by atoms with Gasteiger partial charge in [0.1, 0.15) is 5.78 Å². The van der Waals surface area contributed by atoms with Gasteiger partial charge in [-0.25, -0.2) is 0 Å². The molecule has 0 radical (unpaired) electrons. The number of rotatable bonds is 3. The Hall–Kier alpha value is -0.350. The molecule has 0 amide bonds. The van der Waals surface area contributed by atoms with E-state index in [1.165, 1.54) is 5.57 Å². The number of halogens is 2. The second-order valence-corrected chi connectivity index (χ2v) is 9.36. The molecule has 3 aliphatic rings. The number of ketones is 1. The van der Waals surface area contributed by atoms with Crippen molar-refractivity contribution in [3.05, 3.63) is 23.8 Å². The van der Waals surface area contributed by atoms with Crippen molar-refractivity contribution in [2.45, 2.75) is 44.0 Å². The van der Waals surface area contributed by atoms with E-state index in [2.05, 4.69) is 31.7 Å². The summed E-state index contributed by atoms with van der Waals surface area (Å²) in [6.45, 7) is 13.0. The Balaban J connectivity index is 1.56. The maximum atomic E-state index is 12.2. The van der Waals surface area contributed by atoms with Gasteiger partial charge in [0.15, 0.2) is 0 Å². The molecule has 2 fully saturated rings. The van der Waals surface area contributed by atoms with Gasteiger partial charge in [-0.3, -0.25) is 9.69 Å². The van der Waals surface area contributed by atoms with Crippen LogP contribution < -0.4 is 0 Å². The SMILES string of the molecule is CC1C[N+]2(CCN(CCC3=CC=CC(Cl)C3Cl)CC2C)CC(C)C1=O. The zero-order valence-corrected chi connectivity index (χ0v) is 17.1. The van der Waals surface area contributed by atoms with Crippen molar-refractivity contribution < 1.29 is 9.28 Å². The van der Waals surface area contributed by atoms with E-state index < -0.39 is 0 Å². The van der Waals surface area contributed by atoms with E-state index >= 15 is 0 Å². The Morgan fingerprint density at radius 2 is 1.88 bits per heavy atom. The maximum Gasteiger partial charge on any atom is 0.149 e. The molecule has 5 atom stereocenters. The van der Waals surface area contributed by atoms with Crippen LogP contribution in [0.4, 0.5) is 0 Å². The van der Waals surface area contributed by atoms with Crippen LogP contribution in [0.3, 0.4) is 0 Å². The second kappa shape index (κ2) is 7.72. The van der Waals surface area contributed by atoms with Crippen molar-refractivity contribution in [1.29, 1.82) is 0 Å². The molecule has 25 heavy (non-hydrogen) atoms. The Kier molecular flexibility index (Phi) is 5.99. The highest BCUT2D eigenvalue weighted by atomic mass is 35.5. The van der Waals surface area contributed by atoms with Crippen molar-refractivity contribution >= 4 is 29.0 Å². The molecule has 3 nitrogen and oxygen atoms in total. The first kappa shape index (κ1) is 19.4. The number of nitrogens with zero attached hydrogens (tertiary/aromatic N) is 2. The van der Waals surface area contributed by atoms with E-state index in [1.807, 2.05) is 12.2 Å². The lowest BCUT2D eigenvalue weighted by Crippen LogP contribution is -2.70. The highest BCUT2D eigenvalue weighted by molar-refractivity contribution is 6.32. The molecular formula is C20H31Cl2N2O+. The monoisotopic (exact) mass is 385 g/mol. The number of carbonyl (C=O) groups excluding carboxylic acids is 1. The van der Waals surface area contributed by atoms with Crippen molar-refractivity contribution in [2.75, 3.05) is 39.3 Å². The molecule has 0 aromatic rings. The van der Waals surface area contributed by atoms with Crippen molar-refractivity contribution in [1.82, 2.24) is 4.90 Å². The number of piperazine rings is 1. The van der Waals surface area contributed by atoms with Crippen molar-refractivity contribution in [3.63, 3.8) is 0 Å². The summed E-state index contributed by atoms with van der Waals surface area (Å²) in [6, 6.07) is 0.583. The van der Waals surface area contributed by atoms with Crippen LogP contribution in [0.15, 0.2) is 23.8 Å². The molecule has 140 valence electrons. The Labute approximate surface area is 162 Å². The molecule has 5 heteroatoms. The van der Waals surface area contributed by atoms with Crippen molar-refractivity contribution in [2.24, 2.45) is 11.8 Å².